The Morgan fingerprint density at radius 2 is 0.970 bits per heavy atom. The summed E-state index contributed by atoms with van der Waals surface area (Å²) in [5, 5.41) is 23.2. The third-order valence-corrected chi connectivity index (χ3v) is 22.6. The Bertz CT molecular complexity index is 3780. The van der Waals surface area contributed by atoms with Crippen LogP contribution in [0.1, 0.15) is 168 Å². The largest absolute Gasteiger partial charge is 0.366 e. The van der Waals surface area contributed by atoms with Gasteiger partial charge in [0.2, 0.25) is 17.7 Å². The number of amides is 9. The number of hydrogen-bond acceptors (Lipinski definition) is 18. The second kappa shape index (κ2) is 30.6. The minimum atomic E-state index is -0.727. The zero-order valence-corrected chi connectivity index (χ0v) is 57.1. The Kier molecular flexibility index (Phi) is 21.8. The topological polar surface area (TPSA) is 381 Å². The van der Waals surface area contributed by atoms with Crippen molar-refractivity contribution < 1.29 is 43.2 Å². The quantitative estimate of drug-likeness (QED) is 0.0792. The molecule has 11 N–H and O–H groups in total. The number of pyridine rings is 3. The van der Waals surface area contributed by atoms with Gasteiger partial charge in [0.15, 0.2) is 0 Å². The van der Waals surface area contributed by atoms with Gasteiger partial charge in [-0.1, -0.05) is 58.0 Å². The fourth-order valence-corrected chi connectivity index (χ4v) is 16.8. The van der Waals surface area contributed by atoms with Crippen LogP contribution >= 0.6 is 0 Å². The summed E-state index contributed by atoms with van der Waals surface area (Å²) in [7, 11) is 0. The van der Waals surface area contributed by atoms with Gasteiger partial charge in [0.1, 0.15) is 0 Å². The molecule has 99 heavy (non-hydrogen) atoms. The molecule has 0 spiro atoms. The number of likely N-dealkylation sites (tertiary alicyclic amines) is 3. The first-order chi connectivity index (χ1) is 47.4. The van der Waals surface area contributed by atoms with Crippen LogP contribution in [-0.4, -0.2) is 162 Å². The van der Waals surface area contributed by atoms with Gasteiger partial charge in [-0.15, -0.1) is 0 Å². The second-order valence-corrected chi connectivity index (χ2v) is 29.5. The Morgan fingerprint density at radius 3 is 1.49 bits per heavy atom. The number of hydrogen-bond donors (Lipinski definition) is 8. The third-order valence-electron chi connectivity index (χ3n) is 22.6. The summed E-state index contributed by atoms with van der Waals surface area (Å²) in [5.74, 6) is -2.92. The van der Waals surface area contributed by atoms with E-state index in [1.54, 1.807) is 14.7 Å². The number of piperidine rings is 3. The van der Waals surface area contributed by atoms with Crippen LogP contribution in [0.2, 0.25) is 0 Å². The summed E-state index contributed by atoms with van der Waals surface area (Å²) >= 11 is 0. The van der Waals surface area contributed by atoms with Crippen molar-refractivity contribution in [3.63, 3.8) is 0 Å². The molecule has 0 radical (unpaired) electrons. The van der Waals surface area contributed by atoms with Crippen LogP contribution < -0.4 is 44.0 Å². The SMILES string of the molecule is CC1CCC(C2CCC3C(C=NN3Cc3ccccc3)C2)N(C(=O)C(=O)Nc2cncc(C(N)=O)c2)C1.CC1CCC(C2CCC3NN=CC3C2)N(C(=O)C(=O)Nc2cncc(C(N)=O)c2)C1.C[C@@H]1CC[C@@](C)([C@]2(C)CCC3NN=CC3C2)N(C(=O)C(=O)Nc2cncc(C(N)=O)c2)C1. The van der Waals surface area contributed by atoms with E-state index < -0.39 is 58.7 Å². The molecule has 12 unspecified atom stereocenters. The number of aromatic nitrogens is 3. The molecular formula is C72H94N18O9. The van der Waals surface area contributed by atoms with Crippen LogP contribution in [0.4, 0.5) is 17.1 Å². The van der Waals surface area contributed by atoms with Gasteiger partial charge in [-0.2, -0.15) is 15.3 Å². The Hall–Kier alpha value is -9.69. The van der Waals surface area contributed by atoms with Gasteiger partial charge >= 0.3 is 35.4 Å². The number of hydrazone groups is 3. The zero-order valence-electron chi connectivity index (χ0n) is 57.1. The summed E-state index contributed by atoms with van der Waals surface area (Å²) in [6.07, 6.45) is 28.9. The number of rotatable bonds is 11. The lowest BCUT2D eigenvalue weighted by atomic mass is 9.57. The van der Waals surface area contributed by atoms with E-state index >= 15 is 0 Å². The number of nitrogens with two attached hydrogens (primary N) is 3. The zero-order chi connectivity index (χ0) is 70.3. The van der Waals surface area contributed by atoms with Crippen molar-refractivity contribution in [1.29, 1.82) is 0 Å². The van der Waals surface area contributed by atoms with Crippen molar-refractivity contribution in [2.24, 2.45) is 85.3 Å². The first-order valence-electron chi connectivity index (χ1n) is 35.0. The number of nitrogens with zero attached hydrogens (tertiary/aromatic N) is 10. The monoisotopic (exact) mass is 1350 g/mol. The molecule has 9 aliphatic rings. The minimum absolute atomic E-state index is 0.0297. The second-order valence-electron chi connectivity index (χ2n) is 29.5. The number of fused-ring (bicyclic) bond motifs is 3. The van der Waals surface area contributed by atoms with E-state index in [0.29, 0.717) is 85.1 Å². The maximum Gasteiger partial charge on any atom is 0.313 e. The van der Waals surface area contributed by atoms with Crippen molar-refractivity contribution in [3.8, 4) is 0 Å². The average Bonchev–Trinajstić information content (AvgIpc) is 1.37. The fourth-order valence-electron chi connectivity index (χ4n) is 16.8. The Balaban J connectivity index is 0.000000151. The molecule has 0 bridgehead atoms. The standard InChI is InChI=1S/C28H34N6O3.C23H32N6O3.C21H28N6O3/c1-18-7-9-24(33(16-18)28(37)27(36)32-23-12-22(26(29)35)13-30-15-23)20-8-10-25-21(11-20)14-31-34(25)17-19-5-3-2-4-6-19;1-14-4-7-23(3,22(2)6-5-18-16(9-22)11-26-28-18)29(13-14)21(32)20(31)27-17-8-15(19(24)30)10-25-12-17;1-12-2-5-18(13-3-4-17-14(6-13)9-24-26-17)27(11-12)21(30)20(29)25-16-7-15(19(22)28)8-23-10-16/h2-6,12-15,18,20-21,24-25H,7-11,16-17H2,1H3,(H2,29,35)(H,32,36);8,10-12,14,16,18,28H,4-7,9,13H2,1-3H3,(H2,24,30)(H,27,31);7-10,12-14,17-18,26H,2-6,11H2,1H3,(H2,22,28)(H,25,29)/t;14-,16?,18?,22-,23+;/m.1./s1. The average molecular weight is 1360 g/mol. The summed E-state index contributed by atoms with van der Waals surface area (Å²) in [5.41, 5.74) is 24.3. The summed E-state index contributed by atoms with van der Waals surface area (Å²) in [4.78, 5) is 130. The molecule has 15 atom stereocenters. The lowest BCUT2D eigenvalue weighted by Crippen LogP contribution is -2.65. The Morgan fingerprint density at radius 1 is 0.505 bits per heavy atom. The number of nitrogens with one attached hydrogen (secondary N) is 5. The van der Waals surface area contributed by atoms with Gasteiger partial charge in [-0.05, 0) is 162 Å². The van der Waals surface area contributed by atoms with Crippen LogP contribution in [0.25, 0.3) is 0 Å². The van der Waals surface area contributed by atoms with Crippen LogP contribution in [0.3, 0.4) is 0 Å². The van der Waals surface area contributed by atoms with E-state index in [9.17, 15) is 43.2 Å². The fraction of sp³-hybridized carbons (Fsp3) is 0.542. The maximum absolute atomic E-state index is 13.5. The number of carbonyl (C=O) groups excluding carboxylic acids is 9. The number of carbonyl (C=O) groups is 9. The molecule has 9 amide bonds. The van der Waals surface area contributed by atoms with Gasteiger partial charge in [0, 0.05) is 92.2 Å². The highest BCUT2D eigenvalue weighted by atomic mass is 16.2. The third kappa shape index (κ3) is 16.2. The molecule has 27 heteroatoms. The van der Waals surface area contributed by atoms with E-state index in [4.69, 9.17) is 22.3 Å². The number of primary amides is 3. The molecule has 3 saturated heterocycles. The molecule has 27 nitrogen and oxygen atoms in total. The maximum atomic E-state index is 13.5. The van der Waals surface area contributed by atoms with Gasteiger partial charge < -0.3 is 58.7 Å². The van der Waals surface area contributed by atoms with Crippen molar-refractivity contribution in [2.45, 2.75) is 173 Å². The van der Waals surface area contributed by atoms with Gasteiger partial charge in [0.05, 0.1) is 77.0 Å². The first kappa shape index (κ1) is 70.6. The molecular weight excluding hydrogens is 1260 g/mol. The normalized spacial score (nSPS) is 30.2. The van der Waals surface area contributed by atoms with Crippen LogP contribution in [0.5, 0.6) is 0 Å². The van der Waals surface area contributed by atoms with Crippen molar-refractivity contribution >= 4 is 88.9 Å². The number of anilines is 3. The smallest absolute Gasteiger partial charge is 0.313 e. The molecule has 3 saturated carbocycles. The van der Waals surface area contributed by atoms with Crippen LogP contribution in [0.15, 0.2) is 101 Å². The molecule has 3 aliphatic carbocycles. The highest BCUT2D eigenvalue weighted by molar-refractivity contribution is 6.40. The lowest BCUT2D eigenvalue weighted by molar-refractivity contribution is -0.158. The molecule has 1 aromatic carbocycles. The molecule has 526 valence electrons. The van der Waals surface area contributed by atoms with Gasteiger partial charge in [-0.3, -0.25) is 63.1 Å². The van der Waals surface area contributed by atoms with Crippen LogP contribution in [-0.2, 0) is 35.3 Å². The summed E-state index contributed by atoms with van der Waals surface area (Å²) in [6, 6.07) is 15.9. The summed E-state index contributed by atoms with van der Waals surface area (Å²) < 4.78 is 0. The molecule has 6 fully saturated rings. The van der Waals surface area contributed by atoms with E-state index in [0.717, 1.165) is 103 Å². The van der Waals surface area contributed by atoms with Crippen molar-refractivity contribution in [3.05, 3.63) is 108 Å². The highest BCUT2D eigenvalue weighted by Gasteiger charge is 2.56. The van der Waals surface area contributed by atoms with Gasteiger partial charge in [-0.25, -0.2) is 0 Å². The Labute approximate surface area is 577 Å². The minimum Gasteiger partial charge on any atom is -0.366 e. The molecule has 9 heterocycles. The van der Waals surface area contributed by atoms with Crippen molar-refractivity contribution in [2.75, 3.05) is 35.6 Å². The van der Waals surface area contributed by atoms with Gasteiger partial charge in [0.25, 0.3) is 0 Å². The first-order valence-corrected chi connectivity index (χ1v) is 35.0. The summed E-state index contributed by atoms with van der Waals surface area (Å²) in [6.45, 7) is 13.2. The van der Waals surface area contributed by atoms with E-state index in [1.807, 2.05) is 18.5 Å². The lowest BCUT2D eigenvalue weighted by Gasteiger charge is -2.58. The molecule has 3 aromatic heterocycles. The van der Waals surface area contributed by atoms with E-state index in [1.165, 1.54) is 60.9 Å². The predicted molar refractivity (Wildman–Crippen MR) is 373 cm³/mol. The number of benzene rings is 1. The molecule has 13 rings (SSSR count). The molecule has 6 aliphatic heterocycles. The predicted octanol–water partition coefficient (Wildman–Crippen LogP) is 6.05. The molecule has 4 aromatic rings. The van der Waals surface area contributed by atoms with Crippen LogP contribution in [0, 0.1) is 52.8 Å². The van der Waals surface area contributed by atoms with E-state index in [2.05, 4.69) is 122 Å². The van der Waals surface area contributed by atoms with E-state index in [-0.39, 0.29) is 51.3 Å². The highest BCUT2D eigenvalue weighted by Crippen LogP contribution is 2.54. The van der Waals surface area contributed by atoms with Crippen molar-refractivity contribution in [1.82, 2.24) is 45.5 Å².